The molecule has 1 saturated heterocycles. The van der Waals surface area contributed by atoms with Crippen LogP contribution in [-0.2, 0) is 4.79 Å². The highest BCUT2D eigenvalue weighted by molar-refractivity contribution is 6.30. The molecule has 3 rings (SSSR count). The summed E-state index contributed by atoms with van der Waals surface area (Å²) in [6, 6.07) is 13.7. The molecule has 132 valence electrons. The normalized spacial score (nSPS) is 15.2. The van der Waals surface area contributed by atoms with Crippen molar-refractivity contribution in [2.45, 2.75) is 6.42 Å². The molecule has 0 saturated carbocycles. The van der Waals surface area contributed by atoms with Crippen LogP contribution in [0.25, 0.3) is 0 Å². The van der Waals surface area contributed by atoms with E-state index in [9.17, 15) is 9.18 Å². The minimum atomic E-state index is -0.215. The number of halogens is 2. The van der Waals surface area contributed by atoms with Crippen LogP contribution in [0.2, 0.25) is 5.02 Å². The summed E-state index contributed by atoms with van der Waals surface area (Å²) in [5.41, 5.74) is 1.76. The number of hydrogen-bond donors (Lipinski definition) is 1. The molecule has 25 heavy (non-hydrogen) atoms. The van der Waals surface area contributed by atoms with Gasteiger partial charge < -0.3 is 10.2 Å². The molecular weight excluding hydrogens is 341 g/mol. The number of benzene rings is 2. The van der Waals surface area contributed by atoms with E-state index in [1.807, 2.05) is 24.3 Å². The molecule has 1 N–H and O–H groups in total. The number of piperazine rings is 1. The van der Waals surface area contributed by atoms with Gasteiger partial charge >= 0.3 is 0 Å². The molecule has 1 heterocycles. The second-order valence-electron chi connectivity index (χ2n) is 6.11. The van der Waals surface area contributed by atoms with Crippen molar-refractivity contribution in [2.75, 3.05) is 42.9 Å². The third kappa shape index (κ3) is 5.18. The van der Waals surface area contributed by atoms with Crippen LogP contribution in [0.15, 0.2) is 48.5 Å². The third-order valence-electron chi connectivity index (χ3n) is 4.33. The summed E-state index contributed by atoms with van der Waals surface area (Å²) in [6.45, 7) is 4.26. The van der Waals surface area contributed by atoms with Gasteiger partial charge in [0.25, 0.3) is 0 Å². The van der Waals surface area contributed by atoms with Gasteiger partial charge in [0.2, 0.25) is 5.91 Å². The summed E-state index contributed by atoms with van der Waals surface area (Å²) in [4.78, 5) is 16.6. The van der Waals surface area contributed by atoms with Gasteiger partial charge in [-0.1, -0.05) is 17.7 Å². The Morgan fingerprint density at radius 1 is 1.08 bits per heavy atom. The molecule has 0 spiro atoms. The van der Waals surface area contributed by atoms with E-state index in [1.54, 1.807) is 12.1 Å². The van der Waals surface area contributed by atoms with Crippen LogP contribution in [0.5, 0.6) is 0 Å². The lowest BCUT2D eigenvalue weighted by molar-refractivity contribution is -0.116. The lowest BCUT2D eigenvalue weighted by Gasteiger charge is -2.36. The highest BCUT2D eigenvalue weighted by Gasteiger charge is 2.17. The van der Waals surface area contributed by atoms with Crippen LogP contribution >= 0.6 is 11.6 Å². The summed E-state index contributed by atoms with van der Waals surface area (Å²) in [5, 5.41) is 3.47. The highest BCUT2D eigenvalue weighted by Crippen LogP contribution is 2.17. The third-order valence-corrected chi connectivity index (χ3v) is 4.56. The van der Waals surface area contributed by atoms with Gasteiger partial charge in [-0.25, -0.2) is 4.39 Å². The molecule has 0 atom stereocenters. The Balaban J connectivity index is 1.41. The molecule has 6 heteroatoms. The lowest BCUT2D eigenvalue weighted by atomic mass is 10.2. The second kappa shape index (κ2) is 8.32. The van der Waals surface area contributed by atoms with E-state index in [0.29, 0.717) is 11.4 Å². The van der Waals surface area contributed by atoms with Crippen molar-refractivity contribution < 1.29 is 9.18 Å². The van der Waals surface area contributed by atoms with Crippen LogP contribution in [-0.4, -0.2) is 43.5 Å². The van der Waals surface area contributed by atoms with Gasteiger partial charge in [-0.2, -0.15) is 0 Å². The number of nitrogens with zero attached hydrogens (tertiary/aromatic N) is 2. The van der Waals surface area contributed by atoms with Crippen molar-refractivity contribution >= 4 is 28.9 Å². The Kier molecular flexibility index (Phi) is 5.89. The van der Waals surface area contributed by atoms with E-state index < -0.39 is 0 Å². The van der Waals surface area contributed by atoms with Gasteiger partial charge in [-0.05, 0) is 42.5 Å². The smallest absolute Gasteiger partial charge is 0.225 e. The van der Waals surface area contributed by atoms with E-state index in [0.717, 1.165) is 44.1 Å². The van der Waals surface area contributed by atoms with Crippen LogP contribution < -0.4 is 10.2 Å². The van der Waals surface area contributed by atoms with Gasteiger partial charge in [0.05, 0.1) is 0 Å². The highest BCUT2D eigenvalue weighted by atomic mass is 35.5. The van der Waals surface area contributed by atoms with Crippen molar-refractivity contribution in [1.82, 2.24) is 4.90 Å². The van der Waals surface area contributed by atoms with E-state index in [4.69, 9.17) is 11.6 Å². The number of carbonyl (C=O) groups excluding carboxylic acids is 1. The first-order valence-corrected chi connectivity index (χ1v) is 8.76. The molecule has 1 fully saturated rings. The van der Waals surface area contributed by atoms with E-state index in [2.05, 4.69) is 15.1 Å². The zero-order valence-electron chi connectivity index (χ0n) is 13.9. The predicted molar refractivity (Wildman–Crippen MR) is 99.8 cm³/mol. The van der Waals surface area contributed by atoms with Crippen LogP contribution in [0.1, 0.15) is 6.42 Å². The van der Waals surface area contributed by atoms with Crippen molar-refractivity contribution in [1.29, 1.82) is 0 Å². The Labute approximate surface area is 152 Å². The monoisotopic (exact) mass is 361 g/mol. The Morgan fingerprint density at radius 3 is 2.48 bits per heavy atom. The van der Waals surface area contributed by atoms with Crippen molar-refractivity contribution in [3.05, 3.63) is 59.4 Å². The molecule has 1 amide bonds. The molecule has 0 radical (unpaired) electrons. The zero-order valence-corrected chi connectivity index (χ0v) is 14.7. The molecule has 2 aromatic carbocycles. The number of amides is 1. The topological polar surface area (TPSA) is 35.6 Å². The molecule has 0 aromatic heterocycles. The quantitative estimate of drug-likeness (QED) is 0.883. The minimum absolute atomic E-state index is 0.0109. The van der Waals surface area contributed by atoms with Gasteiger partial charge in [-0.15, -0.1) is 0 Å². The first-order chi connectivity index (χ1) is 12.1. The molecule has 1 aliphatic rings. The van der Waals surface area contributed by atoms with Gasteiger partial charge in [0.15, 0.2) is 0 Å². The zero-order chi connectivity index (χ0) is 17.6. The number of carbonyl (C=O) groups is 1. The molecule has 0 aliphatic carbocycles. The average Bonchev–Trinajstić information content (AvgIpc) is 2.61. The second-order valence-corrected chi connectivity index (χ2v) is 6.55. The Bertz CT molecular complexity index is 715. The fourth-order valence-corrected chi connectivity index (χ4v) is 3.12. The predicted octanol–water partition coefficient (Wildman–Crippen LogP) is 3.63. The lowest BCUT2D eigenvalue weighted by Crippen LogP contribution is -2.47. The summed E-state index contributed by atoms with van der Waals surface area (Å²) < 4.78 is 13.0. The van der Waals surface area contributed by atoms with Gasteiger partial charge in [-0.3, -0.25) is 9.69 Å². The number of nitrogens with one attached hydrogen (secondary N) is 1. The van der Waals surface area contributed by atoms with Crippen LogP contribution in [0.4, 0.5) is 15.8 Å². The summed E-state index contributed by atoms with van der Waals surface area (Å²) >= 11 is 5.91. The molecule has 2 aromatic rings. The maximum Gasteiger partial charge on any atom is 0.225 e. The Hall–Kier alpha value is -2.11. The summed E-state index contributed by atoms with van der Waals surface area (Å²) in [6.07, 6.45) is 0.447. The molecule has 0 bridgehead atoms. The number of anilines is 2. The van der Waals surface area contributed by atoms with Crippen LogP contribution in [0, 0.1) is 5.82 Å². The molecule has 4 nitrogen and oxygen atoms in total. The first-order valence-electron chi connectivity index (χ1n) is 8.38. The number of rotatable bonds is 5. The fraction of sp³-hybridized carbons (Fsp3) is 0.316. The van der Waals surface area contributed by atoms with Crippen LogP contribution in [0.3, 0.4) is 0 Å². The molecular formula is C19H21ClFN3O. The summed E-state index contributed by atoms with van der Waals surface area (Å²) in [5.74, 6) is -0.226. The summed E-state index contributed by atoms with van der Waals surface area (Å²) in [7, 11) is 0. The number of hydrogen-bond acceptors (Lipinski definition) is 3. The van der Waals surface area contributed by atoms with Gasteiger partial charge in [0, 0.05) is 55.5 Å². The van der Waals surface area contributed by atoms with Crippen molar-refractivity contribution in [3.63, 3.8) is 0 Å². The fourth-order valence-electron chi connectivity index (χ4n) is 2.93. The average molecular weight is 362 g/mol. The molecule has 1 aliphatic heterocycles. The minimum Gasteiger partial charge on any atom is -0.369 e. The maximum absolute atomic E-state index is 13.0. The Morgan fingerprint density at radius 2 is 1.80 bits per heavy atom. The van der Waals surface area contributed by atoms with E-state index in [1.165, 1.54) is 12.1 Å². The SMILES string of the molecule is O=C(CCN1CCN(c2ccc(F)cc2)CC1)Nc1cccc(Cl)c1. The standard InChI is InChI=1S/C19H21ClFN3O/c20-15-2-1-3-17(14-15)22-19(25)8-9-23-10-12-24(13-11-23)18-6-4-16(21)5-7-18/h1-7,14H,8-13H2,(H,22,25). The van der Waals surface area contributed by atoms with Crippen molar-refractivity contribution in [2.24, 2.45) is 0 Å². The maximum atomic E-state index is 13.0. The largest absolute Gasteiger partial charge is 0.369 e. The molecule has 0 unspecified atom stereocenters. The van der Waals surface area contributed by atoms with E-state index >= 15 is 0 Å². The first kappa shape index (κ1) is 17.7. The van der Waals surface area contributed by atoms with E-state index in [-0.39, 0.29) is 11.7 Å². The van der Waals surface area contributed by atoms with Crippen molar-refractivity contribution in [3.8, 4) is 0 Å². The van der Waals surface area contributed by atoms with Gasteiger partial charge in [0.1, 0.15) is 5.82 Å².